The molecule has 0 amide bonds. The largest absolute Gasteiger partial charge is 0.481 e. The second-order valence-electron chi connectivity index (χ2n) is 4.40. The minimum Gasteiger partial charge on any atom is -0.481 e. The van der Waals surface area contributed by atoms with Gasteiger partial charge in [-0.05, 0) is 26.0 Å². The average molecular weight is 276 g/mol. The van der Waals surface area contributed by atoms with Crippen LogP contribution in [-0.2, 0) is 11.8 Å². The summed E-state index contributed by atoms with van der Waals surface area (Å²) in [6.07, 6.45) is 0. The van der Waals surface area contributed by atoms with Crippen molar-refractivity contribution in [3.63, 3.8) is 0 Å². The molecule has 0 radical (unpaired) electrons. The fourth-order valence-electron chi connectivity index (χ4n) is 1.77. The summed E-state index contributed by atoms with van der Waals surface area (Å²) >= 11 is 1.43. The Morgan fingerprint density at radius 1 is 1.37 bits per heavy atom. The number of carbonyl (C=O) groups is 1. The van der Waals surface area contributed by atoms with Crippen LogP contribution in [0.3, 0.4) is 0 Å². The van der Waals surface area contributed by atoms with Gasteiger partial charge in [-0.15, -0.1) is 11.3 Å². The van der Waals surface area contributed by atoms with Crippen molar-refractivity contribution in [2.75, 3.05) is 0 Å². The van der Waals surface area contributed by atoms with Gasteiger partial charge in [0.05, 0.1) is 11.6 Å². The molecule has 19 heavy (non-hydrogen) atoms. The van der Waals surface area contributed by atoms with Crippen molar-refractivity contribution in [2.45, 2.75) is 19.8 Å². The van der Waals surface area contributed by atoms with Crippen molar-refractivity contribution in [3.8, 4) is 0 Å². The zero-order chi connectivity index (χ0) is 14.0. The molecule has 1 atom stereocenters. The van der Waals surface area contributed by atoms with Crippen molar-refractivity contribution in [3.05, 3.63) is 45.7 Å². The molecule has 5 heteroatoms. The van der Waals surface area contributed by atoms with Crippen LogP contribution in [0.25, 0.3) is 0 Å². The van der Waals surface area contributed by atoms with E-state index in [0.29, 0.717) is 0 Å². The lowest BCUT2D eigenvalue weighted by Crippen LogP contribution is -2.11. The molecule has 2 rings (SSSR count). The second kappa shape index (κ2) is 5.40. The van der Waals surface area contributed by atoms with Gasteiger partial charge < -0.3 is 9.67 Å². The summed E-state index contributed by atoms with van der Waals surface area (Å²) in [5, 5.41) is 9.12. The van der Waals surface area contributed by atoms with Crippen LogP contribution in [0.1, 0.15) is 23.4 Å². The Morgan fingerprint density at radius 3 is 2.58 bits per heavy atom. The zero-order valence-electron chi connectivity index (χ0n) is 11.1. The number of carboxylic acids is 1. The normalized spacial score (nSPS) is 13.5. The first-order chi connectivity index (χ1) is 9.00. The Bertz CT molecular complexity index is 656. The number of aliphatic carboxylic acids is 1. The number of rotatable bonds is 3. The lowest BCUT2D eigenvalue weighted by Gasteiger charge is -2.04. The van der Waals surface area contributed by atoms with Crippen LogP contribution in [-0.4, -0.2) is 15.6 Å². The summed E-state index contributed by atoms with van der Waals surface area (Å²) in [5.74, 6) is -1.31. The molecule has 0 fully saturated rings. The Kier molecular flexibility index (Phi) is 3.85. The first-order valence-corrected chi connectivity index (χ1v) is 6.81. The highest BCUT2D eigenvalue weighted by molar-refractivity contribution is 7.09. The Labute approximate surface area is 115 Å². The summed E-state index contributed by atoms with van der Waals surface area (Å²) in [7, 11) is 1.91. The molecule has 0 aliphatic carbocycles. The fourth-order valence-corrected chi connectivity index (χ4v) is 2.96. The standard InChI is InChI=1S/C14H16N2O2S/c1-9(13(17)18)12-10(2)16(3)14(19-12)15-11-7-5-4-6-8-11/h4-9H,1-3H3,(H,17,18). The molecule has 1 aromatic heterocycles. The number of benzene rings is 1. The van der Waals surface area contributed by atoms with E-state index in [1.807, 2.05) is 48.9 Å². The third kappa shape index (κ3) is 2.76. The molecule has 0 aliphatic heterocycles. The number of hydrogen-bond donors (Lipinski definition) is 1. The number of carboxylic acid groups (broad SMARTS) is 1. The first-order valence-electron chi connectivity index (χ1n) is 5.99. The van der Waals surface area contributed by atoms with Crippen molar-refractivity contribution in [1.29, 1.82) is 0 Å². The van der Waals surface area contributed by atoms with E-state index >= 15 is 0 Å². The van der Waals surface area contributed by atoms with Gasteiger partial charge in [0.15, 0.2) is 4.80 Å². The van der Waals surface area contributed by atoms with E-state index in [4.69, 9.17) is 5.11 Å². The topological polar surface area (TPSA) is 54.6 Å². The quantitative estimate of drug-likeness (QED) is 0.937. The van der Waals surface area contributed by atoms with Gasteiger partial charge >= 0.3 is 5.97 Å². The molecule has 0 saturated carbocycles. The van der Waals surface area contributed by atoms with Crippen molar-refractivity contribution < 1.29 is 9.90 Å². The van der Waals surface area contributed by atoms with Crippen molar-refractivity contribution in [2.24, 2.45) is 12.0 Å². The van der Waals surface area contributed by atoms with E-state index in [1.165, 1.54) is 11.3 Å². The Hall–Kier alpha value is -1.88. The van der Waals surface area contributed by atoms with Crippen LogP contribution < -0.4 is 4.80 Å². The number of nitrogens with zero attached hydrogens (tertiary/aromatic N) is 2. The van der Waals surface area contributed by atoms with Crippen LogP contribution in [0.4, 0.5) is 5.69 Å². The molecule has 1 N–H and O–H groups in total. The van der Waals surface area contributed by atoms with Gasteiger partial charge in [0, 0.05) is 17.6 Å². The summed E-state index contributed by atoms with van der Waals surface area (Å²) in [5.41, 5.74) is 1.82. The van der Waals surface area contributed by atoms with Crippen LogP contribution in [0.15, 0.2) is 35.3 Å². The minimum atomic E-state index is -0.809. The number of hydrogen-bond acceptors (Lipinski definition) is 3. The van der Waals surface area contributed by atoms with Crippen molar-refractivity contribution in [1.82, 2.24) is 4.57 Å². The molecular formula is C14H16N2O2S. The van der Waals surface area contributed by atoms with Gasteiger partial charge in [0.25, 0.3) is 0 Å². The fraction of sp³-hybridized carbons (Fsp3) is 0.286. The zero-order valence-corrected chi connectivity index (χ0v) is 11.9. The molecule has 2 aromatic rings. The third-order valence-electron chi connectivity index (χ3n) is 3.09. The molecule has 0 bridgehead atoms. The van der Waals surface area contributed by atoms with Crippen LogP contribution in [0.5, 0.6) is 0 Å². The molecule has 1 heterocycles. The third-order valence-corrected chi connectivity index (χ3v) is 4.51. The molecular weight excluding hydrogens is 260 g/mol. The Balaban J connectivity index is 2.52. The maximum atomic E-state index is 11.1. The van der Waals surface area contributed by atoms with Crippen LogP contribution in [0, 0.1) is 6.92 Å². The highest BCUT2D eigenvalue weighted by Crippen LogP contribution is 2.23. The summed E-state index contributed by atoms with van der Waals surface area (Å²) in [6, 6.07) is 9.65. The van der Waals surface area contributed by atoms with Gasteiger partial charge in [0.2, 0.25) is 0 Å². The Morgan fingerprint density at radius 2 is 2.00 bits per heavy atom. The molecule has 0 saturated heterocycles. The smallest absolute Gasteiger partial charge is 0.311 e. The number of thiazole rings is 1. The first kappa shape index (κ1) is 13.5. The SMILES string of the molecule is Cc1c(C(C)C(=O)O)sc(=Nc2ccccc2)n1C. The van der Waals surface area contributed by atoms with E-state index in [1.54, 1.807) is 6.92 Å². The highest BCUT2D eigenvalue weighted by Gasteiger charge is 2.20. The van der Waals surface area contributed by atoms with E-state index < -0.39 is 11.9 Å². The molecule has 1 unspecified atom stereocenters. The van der Waals surface area contributed by atoms with E-state index in [9.17, 15) is 4.79 Å². The molecule has 1 aromatic carbocycles. The molecule has 100 valence electrons. The lowest BCUT2D eigenvalue weighted by atomic mass is 10.1. The van der Waals surface area contributed by atoms with Crippen LogP contribution >= 0.6 is 11.3 Å². The number of aromatic nitrogens is 1. The van der Waals surface area contributed by atoms with Gasteiger partial charge in [0.1, 0.15) is 0 Å². The molecule has 0 aliphatic rings. The van der Waals surface area contributed by atoms with Gasteiger partial charge in [-0.3, -0.25) is 4.79 Å². The minimum absolute atomic E-state index is 0.504. The maximum absolute atomic E-state index is 11.1. The summed E-state index contributed by atoms with van der Waals surface area (Å²) in [4.78, 5) is 17.3. The van der Waals surface area contributed by atoms with Crippen molar-refractivity contribution >= 4 is 23.0 Å². The lowest BCUT2D eigenvalue weighted by molar-refractivity contribution is -0.138. The maximum Gasteiger partial charge on any atom is 0.311 e. The van der Waals surface area contributed by atoms with Crippen LogP contribution in [0.2, 0.25) is 0 Å². The predicted molar refractivity (Wildman–Crippen MR) is 75.7 cm³/mol. The van der Waals surface area contributed by atoms with E-state index in [0.717, 1.165) is 21.1 Å². The monoisotopic (exact) mass is 276 g/mol. The second-order valence-corrected chi connectivity index (χ2v) is 5.41. The van der Waals surface area contributed by atoms with Gasteiger partial charge in [-0.2, -0.15) is 0 Å². The van der Waals surface area contributed by atoms with Gasteiger partial charge in [-0.1, -0.05) is 18.2 Å². The number of para-hydroxylation sites is 1. The molecule has 0 spiro atoms. The predicted octanol–water partition coefficient (Wildman–Crippen LogP) is 2.82. The summed E-state index contributed by atoms with van der Waals surface area (Å²) in [6.45, 7) is 3.63. The summed E-state index contributed by atoms with van der Waals surface area (Å²) < 4.78 is 1.94. The average Bonchev–Trinajstić information content (AvgIpc) is 2.67. The van der Waals surface area contributed by atoms with E-state index in [-0.39, 0.29) is 0 Å². The van der Waals surface area contributed by atoms with Gasteiger partial charge in [-0.25, -0.2) is 4.99 Å². The van der Waals surface area contributed by atoms with E-state index in [2.05, 4.69) is 4.99 Å². The molecule has 4 nitrogen and oxygen atoms in total. The highest BCUT2D eigenvalue weighted by atomic mass is 32.1.